The molecule has 10 heteroatoms. The first-order chi connectivity index (χ1) is 12.4. The van der Waals surface area contributed by atoms with Gasteiger partial charge in [-0.3, -0.25) is 9.59 Å². The van der Waals surface area contributed by atoms with Crippen molar-refractivity contribution in [2.24, 2.45) is 0 Å². The summed E-state index contributed by atoms with van der Waals surface area (Å²) in [4.78, 5) is 28.1. The summed E-state index contributed by atoms with van der Waals surface area (Å²) in [6.07, 6.45) is 0. The second-order valence-electron chi connectivity index (χ2n) is 5.09. The summed E-state index contributed by atoms with van der Waals surface area (Å²) in [7, 11) is 1.27. The largest absolute Gasteiger partial charge is 0.493 e. The second-order valence-corrected chi connectivity index (χ2v) is 6.03. The molecule has 2 rings (SSSR count). The van der Waals surface area contributed by atoms with Crippen molar-refractivity contribution in [1.29, 1.82) is 0 Å². The average Bonchev–Trinajstić information content (AvgIpc) is 3.03. The van der Waals surface area contributed by atoms with Crippen molar-refractivity contribution in [1.82, 2.24) is 15.6 Å². The van der Waals surface area contributed by atoms with Gasteiger partial charge in [0.1, 0.15) is 5.01 Å². The van der Waals surface area contributed by atoms with E-state index >= 15 is 0 Å². The highest BCUT2D eigenvalue weighted by Gasteiger charge is 2.15. The van der Waals surface area contributed by atoms with Gasteiger partial charge in [0.25, 0.3) is 5.91 Å². The van der Waals surface area contributed by atoms with Crippen LogP contribution in [0.15, 0.2) is 23.6 Å². The van der Waals surface area contributed by atoms with E-state index in [9.17, 15) is 18.4 Å². The van der Waals surface area contributed by atoms with E-state index in [4.69, 9.17) is 4.74 Å². The van der Waals surface area contributed by atoms with Crippen LogP contribution in [-0.4, -0.2) is 37.1 Å². The highest BCUT2D eigenvalue weighted by atomic mass is 32.1. The zero-order valence-electron chi connectivity index (χ0n) is 14.0. The van der Waals surface area contributed by atoms with Crippen LogP contribution in [0.4, 0.5) is 8.78 Å². The van der Waals surface area contributed by atoms with Crippen LogP contribution in [0.3, 0.4) is 0 Å². The van der Waals surface area contributed by atoms with E-state index in [-0.39, 0.29) is 36.1 Å². The molecule has 140 valence electrons. The van der Waals surface area contributed by atoms with Gasteiger partial charge in [0.2, 0.25) is 5.91 Å². The van der Waals surface area contributed by atoms with E-state index in [0.717, 1.165) is 10.7 Å². The summed E-state index contributed by atoms with van der Waals surface area (Å²) >= 11 is 1.43. The molecule has 1 heterocycles. The Labute approximate surface area is 152 Å². The standard InChI is InChI=1S/C16H17F2N3O4S/c1-9-8-26-14(21-9)7-19-13(22)6-20-15(23)10-3-4-11(25-16(17)18)12(5-10)24-2/h3-5,8,16H,6-7H2,1-2H3,(H,19,22)(H,20,23). The van der Waals surface area contributed by atoms with Crippen molar-refractivity contribution >= 4 is 23.2 Å². The highest BCUT2D eigenvalue weighted by molar-refractivity contribution is 7.09. The Kier molecular flexibility index (Phi) is 6.84. The Balaban J connectivity index is 1.87. The van der Waals surface area contributed by atoms with Crippen LogP contribution < -0.4 is 20.1 Å². The maximum atomic E-state index is 12.3. The van der Waals surface area contributed by atoms with Gasteiger partial charge < -0.3 is 20.1 Å². The number of ether oxygens (including phenoxy) is 2. The third kappa shape index (κ3) is 5.66. The molecule has 2 aromatic rings. The number of rotatable bonds is 8. The number of nitrogens with zero attached hydrogens (tertiary/aromatic N) is 1. The lowest BCUT2D eigenvalue weighted by Crippen LogP contribution is -2.36. The predicted octanol–water partition coefficient (Wildman–Crippen LogP) is 2.11. The number of carbonyl (C=O) groups is 2. The fourth-order valence-electron chi connectivity index (χ4n) is 1.99. The van der Waals surface area contributed by atoms with Gasteiger partial charge in [0, 0.05) is 16.6 Å². The molecule has 0 aliphatic carbocycles. The van der Waals surface area contributed by atoms with Crippen LogP contribution >= 0.6 is 11.3 Å². The summed E-state index contributed by atoms with van der Waals surface area (Å²) in [5, 5.41) is 7.72. The van der Waals surface area contributed by atoms with Crippen molar-refractivity contribution in [3.63, 3.8) is 0 Å². The molecule has 0 atom stereocenters. The van der Waals surface area contributed by atoms with E-state index in [1.165, 1.54) is 36.6 Å². The van der Waals surface area contributed by atoms with Gasteiger partial charge in [-0.1, -0.05) is 0 Å². The van der Waals surface area contributed by atoms with Gasteiger partial charge in [-0.2, -0.15) is 8.78 Å². The minimum atomic E-state index is -3.01. The van der Waals surface area contributed by atoms with Crippen molar-refractivity contribution < 1.29 is 27.8 Å². The number of alkyl halides is 2. The van der Waals surface area contributed by atoms with Crippen LogP contribution in [0.2, 0.25) is 0 Å². The molecule has 7 nitrogen and oxygen atoms in total. The lowest BCUT2D eigenvalue weighted by Gasteiger charge is -2.11. The molecule has 2 amide bonds. The first-order valence-electron chi connectivity index (χ1n) is 7.47. The van der Waals surface area contributed by atoms with Crippen LogP contribution in [-0.2, 0) is 11.3 Å². The third-order valence-electron chi connectivity index (χ3n) is 3.15. The molecule has 1 aromatic carbocycles. The van der Waals surface area contributed by atoms with Crippen LogP contribution in [0.1, 0.15) is 21.1 Å². The fourth-order valence-corrected chi connectivity index (χ4v) is 2.70. The van der Waals surface area contributed by atoms with Crippen molar-refractivity contribution in [2.45, 2.75) is 20.1 Å². The number of amides is 2. The lowest BCUT2D eigenvalue weighted by molar-refractivity contribution is -0.120. The maximum absolute atomic E-state index is 12.3. The molecule has 2 N–H and O–H groups in total. The van der Waals surface area contributed by atoms with Gasteiger partial charge >= 0.3 is 6.61 Å². The number of benzene rings is 1. The summed E-state index contributed by atoms with van der Waals surface area (Å²) < 4.78 is 33.8. The SMILES string of the molecule is COc1cc(C(=O)NCC(=O)NCc2nc(C)cs2)ccc1OC(F)F. The molecule has 26 heavy (non-hydrogen) atoms. The smallest absolute Gasteiger partial charge is 0.387 e. The number of aromatic nitrogens is 1. The Morgan fingerprint density at radius 1 is 1.27 bits per heavy atom. The molecule has 1 aromatic heterocycles. The summed E-state index contributed by atoms with van der Waals surface area (Å²) in [6, 6.07) is 3.75. The third-order valence-corrected chi connectivity index (χ3v) is 4.12. The quantitative estimate of drug-likeness (QED) is 0.727. The molecule has 0 spiro atoms. The molecule has 0 aliphatic heterocycles. The molecule has 0 radical (unpaired) electrons. The Hall–Kier alpha value is -2.75. The van der Waals surface area contributed by atoms with Crippen molar-refractivity contribution in [3.8, 4) is 11.5 Å². The molecule has 0 saturated heterocycles. The van der Waals surface area contributed by atoms with Gasteiger partial charge in [-0.15, -0.1) is 11.3 Å². The summed E-state index contributed by atoms with van der Waals surface area (Å²) in [6.45, 7) is -1.11. The summed E-state index contributed by atoms with van der Waals surface area (Å²) in [5.41, 5.74) is 1.02. The van der Waals surface area contributed by atoms with Crippen LogP contribution in [0.5, 0.6) is 11.5 Å². The fraction of sp³-hybridized carbons (Fsp3) is 0.312. The summed E-state index contributed by atoms with van der Waals surface area (Å²) in [5.74, 6) is -1.12. The minimum absolute atomic E-state index is 0.0125. The van der Waals surface area contributed by atoms with E-state index in [1.54, 1.807) is 0 Å². The molecule has 0 unspecified atom stereocenters. The Morgan fingerprint density at radius 2 is 2.04 bits per heavy atom. The zero-order valence-corrected chi connectivity index (χ0v) is 14.9. The van der Waals surface area contributed by atoms with Crippen LogP contribution in [0, 0.1) is 6.92 Å². The topological polar surface area (TPSA) is 89.5 Å². The molecular formula is C16H17F2N3O4S. The average molecular weight is 385 g/mol. The van der Waals surface area contributed by atoms with Crippen LogP contribution in [0.25, 0.3) is 0 Å². The van der Waals surface area contributed by atoms with Gasteiger partial charge in [0.15, 0.2) is 11.5 Å². The number of methoxy groups -OCH3 is 1. The van der Waals surface area contributed by atoms with Gasteiger partial charge in [-0.25, -0.2) is 4.98 Å². The highest BCUT2D eigenvalue weighted by Crippen LogP contribution is 2.29. The predicted molar refractivity (Wildman–Crippen MR) is 90.7 cm³/mol. The van der Waals surface area contributed by atoms with E-state index in [0.29, 0.717) is 0 Å². The number of aryl methyl sites for hydroxylation is 1. The second kappa shape index (κ2) is 9.09. The molecule has 0 saturated carbocycles. The van der Waals surface area contributed by atoms with E-state index < -0.39 is 12.5 Å². The van der Waals surface area contributed by atoms with E-state index in [1.807, 2.05) is 12.3 Å². The molecule has 0 fully saturated rings. The minimum Gasteiger partial charge on any atom is -0.493 e. The first-order valence-corrected chi connectivity index (χ1v) is 8.35. The number of halogens is 2. The molecule has 0 bridgehead atoms. The first kappa shape index (κ1) is 19.6. The van der Waals surface area contributed by atoms with Gasteiger partial charge in [-0.05, 0) is 25.1 Å². The monoisotopic (exact) mass is 385 g/mol. The molecule has 0 aliphatic rings. The van der Waals surface area contributed by atoms with Crippen molar-refractivity contribution in [2.75, 3.05) is 13.7 Å². The number of nitrogens with one attached hydrogen (secondary N) is 2. The zero-order chi connectivity index (χ0) is 19.1. The Bertz CT molecular complexity index is 783. The van der Waals surface area contributed by atoms with Crippen molar-refractivity contribution in [3.05, 3.63) is 39.8 Å². The van der Waals surface area contributed by atoms with Gasteiger partial charge in [0.05, 0.1) is 20.2 Å². The van der Waals surface area contributed by atoms with E-state index in [2.05, 4.69) is 20.4 Å². The Morgan fingerprint density at radius 3 is 2.65 bits per heavy atom. The normalized spacial score (nSPS) is 10.5. The number of hydrogen-bond donors (Lipinski definition) is 2. The maximum Gasteiger partial charge on any atom is 0.387 e. The number of carbonyl (C=O) groups excluding carboxylic acids is 2. The number of hydrogen-bond acceptors (Lipinski definition) is 6. The molecular weight excluding hydrogens is 368 g/mol. The number of thiazole rings is 1. The lowest BCUT2D eigenvalue weighted by atomic mass is 10.2.